The molecule has 3 rings (SSSR count). The summed E-state index contributed by atoms with van der Waals surface area (Å²) >= 11 is 9.54. The highest BCUT2D eigenvalue weighted by Crippen LogP contribution is 2.36. The number of benzene rings is 1. The fraction of sp³-hybridized carbons (Fsp3) is 0.263. The normalized spacial score (nSPS) is 11.1. The number of hydrazone groups is 1. The Morgan fingerprint density at radius 3 is 2.89 bits per heavy atom. The molecule has 0 radical (unpaired) electrons. The van der Waals surface area contributed by atoms with E-state index in [-0.39, 0.29) is 0 Å². The summed E-state index contributed by atoms with van der Waals surface area (Å²) in [4.78, 5) is 5.67. The zero-order valence-electron chi connectivity index (χ0n) is 15.1. The van der Waals surface area contributed by atoms with E-state index in [9.17, 15) is 0 Å². The first-order valence-corrected chi connectivity index (χ1v) is 10.7. The molecule has 0 atom stereocenters. The summed E-state index contributed by atoms with van der Waals surface area (Å²) < 4.78 is 11.4. The van der Waals surface area contributed by atoms with E-state index >= 15 is 0 Å². The van der Waals surface area contributed by atoms with Gasteiger partial charge in [-0.1, -0.05) is 24.6 Å². The zero-order chi connectivity index (χ0) is 19.1. The Kier molecular flexibility index (Phi) is 7.09. The van der Waals surface area contributed by atoms with Crippen LogP contribution in [0.25, 0.3) is 10.6 Å². The molecule has 5 nitrogen and oxygen atoms in total. The molecule has 27 heavy (non-hydrogen) atoms. The minimum atomic E-state index is 0.505. The Bertz CT molecular complexity index is 895. The van der Waals surface area contributed by atoms with E-state index in [4.69, 9.17) is 21.1 Å². The third-order valence-electron chi connectivity index (χ3n) is 3.43. The predicted octanol–water partition coefficient (Wildman–Crippen LogP) is 6.16. The van der Waals surface area contributed by atoms with Gasteiger partial charge in [-0.05, 0) is 42.5 Å². The van der Waals surface area contributed by atoms with E-state index in [0.29, 0.717) is 29.7 Å². The molecule has 1 N–H and O–H groups in total. The molecule has 3 aromatic rings. The minimum absolute atomic E-state index is 0.505. The van der Waals surface area contributed by atoms with Crippen molar-refractivity contribution in [2.45, 2.75) is 20.3 Å². The lowest BCUT2D eigenvalue weighted by atomic mass is 10.2. The van der Waals surface area contributed by atoms with Gasteiger partial charge < -0.3 is 9.47 Å². The van der Waals surface area contributed by atoms with Crippen LogP contribution in [0.4, 0.5) is 5.13 Å². The highest BCUT2D eigenvalue weighted by molar-refractivity contribution is 7.15. The van der Waals surface area contributed by atoms with Gasteiger partial charge in [0.2, 0.25) is 5.13 Å². The van der Waals surface area contributed by atoms with Crippen molar-refractivity contribution >= 4 is 45.6 Å². The van der Waals surface area contributed by atoms with Gasteiger partial charge in [0, 0.05) is 5.38 Å². The maximum atomic E-state index is 6.37. The van der Waals surface area contributed by atoms with E-state index in [1.807, 2.05) is 42.8 Å². The van der Waals surface area contributed by atoms with Gasteiger partial charge in [-0.25, -0.2) is 4.98 Å². The standard InChI is InChI=1S/C19H20ClN3O2S2/c1-3-7-25-18-14(20)9-13(10-16(18)24-4-2)11-21-23-19-22-15(12-27-19)17-6-5-8-26-17/h5-6,8-12H,3-4,7H2,1-2H3,(H,22,23)/b21-11-. The lowest BCUT2D eigenvalue weighted by Gasteiger charge is -2.13. The molecule has 1 aromatic carbocycles. The van der Waals surface area contributed by atoms with Crippen LogP contribution in [0, 0.1) is 0 Å². The number of thiazole rings is 1. The molecule has 142 valence electrons. The van der Waals surface area contributed by atoms with Gasteiger partial charge in [0.05, 0.1) is 35.0 Å². The summed E-state index contributed by atoms with van der Waals surface area (Å²) in [5, 5.41) is 9.54. The van der Waals surface area contributed by atoms with Crippen molar-refractivity contribution in [1.82, 2.24) is 4.98 Å². The SMILES string of the molecule is CCCOc1c(Cl)cc(/C=N\Nc2nc(-c3cccs3)cs2)cc1OCC. The van der Waals surface area contributed by atoms with Gasteiger partial charge in [-0.3, -0.25) is 5.43 Å². The third kappa shape index (κ3) is 5.22. The molecule has 0 spiro atoms. The molecule has 2 heterocycles. The summed E-state index contributed by atoms with van der Waals surface area (Å²) in [6.07, 6.45) is 2.58. The average Bonchev–Trinajstić information content (AvgIpc) is 3.33. The summed E-state index contributed by atoms with van der Waals surface area (Å²) in [6, 6.07) is 7.73. The molecule has 0 saturated carbocycles. The number of hydrogen-bond donors (Lipinski definition) is 1. The fourth-order valence-electron chi connectivity index (χ4n) is 2.29. The summed E-state index contributed by atoms with van der Waals surface area (Å²) in [5.41, 5.74) is 4.73. The van der Waals surface area contributed by atoms with Crippen molar-refractivity contribution in [2.75, 3.05) is 18.6 Å². The first-order chi connectivity index (χ1) is 13.2. The van der Waals surface area contributed by atoms with Crippen molar-refractivity contribution in [3.63, 3.8) is 0 Å². The van der Waals surface area contributed by atoms with Crippen LogP contribution in [0.3, 0.4) is 0 Å². The minimum Gasteiger partial charge on any atom is -0.490 e. The Labute approximate surface area is 171 Å². The first-order valence-electron chi connectivity index (χ1n) is 8.58. The van der Waals surface area contributed by atoms with E-state index in [1.54, 1.807) is 23.6 Å². The van der Waals surface area contributed by atoms with E-state index in [2.05, 4.69) is 15.5 Å². The molecule has 0 bridgehead atoms. The van der Waals surface area contributed by atoms with Gasteiger partial charge in [-0.2, -0.15) is 5.10 Å². The van der Waals surface area contributed by atoms with Crippen LogP contribution in [-0.2, 0) is 0 Å². The first kappa shape index (κ1) is 19.7. The summed E-state index contributed by atoms with van der Waals surface area (Å²) in [6.45, 7) is 5.09. The molecule has 0 fully saturated rings. The Balaban J connectivity index is 1.71. The van der Waals surface area contributed by atoms with Crippen LogP contribution in [0.2, 0.25) is 5.02 Å². The lowest BCUT2D eigenvalue weighted by Crippen LogP contribution is -2.02. The van der Waals surface area contributed by atoms with Crippen LogP contribution in [0.5, 0.6) is 11.5 Å². The maximum Gasteiger partial charge on any atom is 0.203 e. The summed E-state index contributed by atoms with van der Waals surface area (Å²) in [5.74, 6) is 1.19. The Morgan fingerprint density at radius 1 is 1.26 bits per heavy atom. The lowest BCUT2D eigenvalue weighted by molar-refractivity contribution is 0.277. The van der Waals surface area contributed by atoms with Gasteiger partial charge in [0.1, 0.15) is 0 Å². The number of halogens is 1. The van der Waals surface area contributed by atoms with Crippen LogP contribution < -0.4 is 14.9 Å². The van der Waals surface area contributed by atoms with Crippen molar-refractivity contribution in [3.05, 3.63) is 45.6 Å². The molecule has 0 unspecified atom stereocenters. The molecule has 0 aliphatic heterocycles. The molecule has 0 aliphatic rings. The predicted molar refractivity (Wildman–Crippen MR) is 115 cm³/mol. The highest BCUT2D eigenvalue weighted by Gasteiger charge is 2.12. The second-order valence-electron chi connectivity index (χ2n) is 5.50. The van der Waals surface area contributed by atoms with E-state index in [0.717, 1.165) is 27.7 Å². The number of hydrogen-bond acceptors (Lipinski definition) is 7. The van der Waals surface area contributed by atoms with Crippen LogP contribution in [-0.4, -0.2) is 24.4 Å². The number of thiophene rings is 1. The van der Waals surface area contributed by atoms with Crippen molar-refractivity contribution < 1.29 is 9.47 Å². The highest BCUT2D eigenvalue weighted by atomic mass is 35.5. The number of anilines is 1. The van der Waals surface area contributed by atoms with E-state index < -0.39 is 0 Å². The molecule has 8 heteroatoms. The zero-order valence-corrected chi connectivity index (χ0v) is 17.5. The van der Waals surface area contributed by atoms with Crippen LogP contribution in [0.1, 0.15) is 25.8 Å². The number of aromatic nitrogens is 1. The quantitative estimate of drug-likeness (QED) is 0.332. The largest absolute Gasteiger partial charge is 0.490 e. The van der Waals surface area contributed by atoms with Crippen LogP contribution >= 0.6 is 34.3 Å². The molecule has 0 saturated heterocycles. The number of rotatable bonds is 9. The topological polar surface area (TPSA) is 55.7 Å². The van der Waals surface area contributed by atoms with Gasteiger partial charge >= 0.3 is 0 Å². The molecular formula is C19H20ClN3O2S2. The Morgan fingerprint density at radius 2 is 2.15 bits per heavy atom. The number of ether oxygens (including phenoxy) is 2. The van der Waals surface area contributed by atoms with Gasteiger partial charge in [0.25, 0.3) is 0 Å². The maximum absolute atomic E-state index is 6.37. The number of nitrogens with one attached hydrogen (secondary N) is 1. The van der Waals surface area contributed by atoms with Gasteiger partial charge in [0.15, 0.2) is 11.5 Å². The second kappa shape index (κ2) is 9.73. The molecule has 0 aliphatic carbocycles. The third-order valence-corrected chi connectivity index (χ3v) is 5.35. The van der Waals surface area contributed by atoms with Crippen molar-refractivity contribution in [2.24, 2.45) is 5.10 Å². The van der Waals surface area contributed by atoms with E-state index in [1.165, 1.54) is 11.3 Å². The van der Waals surface area contributed by atoms with Crippen molar-refractivity contribution in [3.8, 4) is 22.1 Å². The summed E-state index contributed by atoms with van der Waals surface area (Å²) in [7, 11) is 0. The smallest absolute Gasteiger partial charge is 0.203 e. The fourth-order valence-corrected chi connectivity index (χ4v) is 3.99. The molecule has 2 aromatic heterocycles. The van der Waals surface area contributed by atoms with Crippen LogP contribution in [0.15, 0.2) is 40.1 Å². The molecule has 0 amide bonds. The number of nitrogens with zero attached hydrogens (tertiary/aromatic N) is 2. The Hall–Kier alpha value is -2.09. The van der Waals surface area contributed by atoms with Gasteiger partial charge in [-0.15, -0.1) is 22.7 Å². The monoisotopic (exact) mass is 421 g/mol. The average molecular weight is 422 g/mol. The second-order valence-corrected chi connectivity index (χ2v) is 7.71. The molecular weight excluding hydrogens is 402 g/mol. The van der Waals surface area contributed by atoms with Crippen molar-refractivity contribution in [1.29, 1.82) is 0 Å².